The van der Waals surface area contributed by atoms with Gasteiger partial charge in [-0.25, -0.2) is 9.18 Å². The monoisotopic (exact) mass is 435 g/mol. The molecule has 4 rings (SSSR count). The van der Waals surface area contributed by atoms with Gasteiger partial charge < -0.3 is 9.53 Å². The maximum Gasteiger partial charge on any atom is 0.410 e. The molecule has 0 N–H and O–H groups in total. The number of rotatable bonds is 7. The van der Waals surface area contributed by atoms with Crippen molar-refractivity contribution in [2.75, 3.05) is 12.9 Å². The largest absolute Gasteiger partial charge is 0.453 e. The third kappa shape index (κ3) is 4.08. The van der Waals surface area contributed by atoms with E-state index in [1.54, 1.807) is 23.1 Å². The molecule has 0 aromatic heterocycles. The Hall–Kier alpha value is -3.12. The topological polar surface area (TPSA) is 46.6 Å². The van der Waals surface area contributed by atoms with Crippen molar-refractivity contribution < 1.29 is 18.7 Å². The number of hydrogen-bond acceptors (Lipinski definition) is 4. The molecule has 4 nitrogen and oxygen atoms in total. The molecule has 3 aromatic rings. The molecule has 0 fully saturated rings. The molecule has 0 bridgehead atoms. The van der Waals surface area contributed by atoms with Crippen LogP contribution in [0.15, 0.2) is 77.7 Å². The van der Waals surface area contributed by atoms with Crippen LogP contribution in [0.5, 0.6) is 0 Å². The van der Waals surface area contributed by atoms with Crippen molar-refractivity contribution in [3.8, 4) is 11.1 Å². The molecule has 1 aliphatic carbocycles. The Morgan fingerprint density at radius 1 is 1.03 bits per heavy atom. The summed E-state index contributed by atoms with van der Waals surface area (Å²) in [5, 5.41) is 0. The van der Waals surface area contributed by atoms with Crippen molar-refractivity contribution in [3.63, 3.8) is 0 Å². The summed E-state index contributed by atoms with van der Waals surface area (Å²) in [5.41, 5.74) is 4.09. The van der Waals surface area contributed by atoms with E-state index >= 15 is 0 Å². The number of carbonyl (C=O) groups is 2. The van der Waals surface area contributed by atoms with Gasteiger partial charge in [0.2, 0.25) is 0 Å². The van der Waals surface area contributed by atoms with E-state index in [1.807, 2.05) is 48.5 Å². The van der Waals surface area contributed by atoms with E-state index < -0.39 is 12.1 Å². The number of halogens is 1. The van der Waals surface area contributed by atoms with Crippen molar-refractivity contribution in [1.29, 1.82) is 0 Å². The molecule has 1 atom stereocenters. The molecule has 0 aliphatic heterocycles. The maximum absolute atomic E-state index is 14.2. The number of hydrogen-bond donors (Lipinski definition) is 0. The van der Waals surface area contributed by atoms with E-state index in [0.29, 0.717) is 10.6 Å². The summed E-state index contributed by atoms with van der Waals surface area (Å²) in [6.07, 6.45) is 0.407. The van der Waals surface area contributed by atoms with Crippen LogP contribution < -0.4 is 0 Å². The van der Waals surface area contributed by atoms with Crippen LogP contribution in [-0.4, -0.2) is 36.2 Å². The van der Waals surface area contributed by atoms with Gasteiger partial charge in [-0.3, -0.25) is 4.90 Å². The van der Waals surface area contributed by atoms with Crippen LogP contribution in [-0.2, 0) is 9.53 Å². The van der Waals surface area contributed by atoms with Gasteiger partial charge in [0, 0.05) is 17.1 Å². The van der Waals surface area contributed by atoms with Crippen LogP contribution in [0.25, 0.3) is 11.1 Å². The Morgan fingerprint density at radius 2 is 1.61 bits per heavy atom. The highest BCUT2D eigenvalue weighted by Crippen LogP contribution is 2.47. The predicted octanol–water partition coefficient (Wildman–Crippen LogP) is 5.71. The Morgan fingerprint density at radius 3 is 2.19 bits per heavy atom. The van der Waals surface area contributed by atoms with Crippen molar-refractivity contribution >= 4 is 24.1 Å². The van der Waals surface area contributed by atoms with E-state index in [9.17, 15) is 14.0 Å². The van der Waals surface area contributed by atoms with Crippen molar-refractivity contribution in [1.82, 2.24) is 4.90 Å². The Labute approximate surface area is 185 Å². The average Bonchev–Trinajstić information content (AvgIpc) is 3.13. The second-order valence-electron chi connectivity index (χ2n) is 7.25. The van der Waals surface area contributed by atoms with Gasteiger partial charge in [0.1, 0.15) is 12.1 Å². The van der Waals surface area contributed by atoms with E-state index in [4.69, 9.17) is 4.74 Å². The zero-order valence-electron chi connectivity index (χ0n) is 17.0. The first-order valence-corrected chi connectivity index (χ1v) is 11.0. The van der Waals surface area contributed by atoms with Crippen molar-refractivity contribution in [2.24, 2.45) is 0 Å². The molecule has 31 heavy (non-hydrogen) atoms. The maximum atomic E-state index is 14.2. The fourth-order valence-corrected chi connectivity index (χ4v) is 5.17. The summed E-state index contributed by atoms with van der Waals surface area (Å²) in [6.45, 7) is 0. The number of nitrogens with zero attached hydrogens (tertiary/aromatic N) is 1. The van der Waals surface area contributed by atoms with Gasteiger partial charge in [-0.15, -0.1) is 11.8 Å². The van der Waals surface area contributed by atoms with Crippen molar-refractivity contribution in [2.45, 2.75) is 23.4 Å². The van der Waals surface area contributed by atoms with Crippen LogP contribution in [0, 0.1) is 5.82 Å². The van der Waals surface area contributed by atoms with Gasteiger partial charge in [0.05, 0.1) is 19.2 Å². The standard InChI is InChI=1S/C25H22FNO3S/c1-30-25(29)27(17(14-15-28)16-31-23-13-7-6-12-22(23)26)24-20-10-4-2-8-18(20)19-9-3-5-11-21(19)24/h2-13,15,17,24H,14,16H2,1H3/t17-/m1/s1. The predicted molar refractivity (Wildman–Crippen MR) is 120 cm³/mol. The Balaban J connectivity index is 1.74. The molecule has 3 aromatic carbocycles. The second-order valence-corrected chi connectivity index (χ2v) is 8.31. The molecule has 0 saturated heterocycles. The Kier molecular flexibility index (Phi) is 6.37. The first kappa shape index (κ1) is 21.1. The fourth-order valence-electron chi connectivity index (χ4n) is 4.12. The van der Waals surface area contributed by atoms with E-state index in [-0.39, 0.29) is 18.3 Å². The summed E-state index contributed by atoms with van der Waals surface area (Å²) < 4.78 is 19.3. The first-order valence-electron chi connectivity index (χ1n) is 10.0. The van der Waals surface area contributed by atoms with Gasteiger partial charge in [-0.1, -0.05) is 60.7 Å². The lowest BCUT2D eigenvalue weighted by molar-refractivity contribution is -0.108. The van der Waals surface area contributed by atoms with Gasteiger partial charge in [-0.2, -0.15) is 0 Å². The molecular formula is C25H22FNO3S. The molecule has 0 spiro atoms. The zero-order valence-corrected chi connectivity index (χ0v) is 17.8. The lowest BCUT2D eigenvalue weighted by Crippen LogP contribution is -2.44. The number of fused-ring (bicyclic) bond motifs is 3. The van der Waals surface area contributed by atoms with Gasteiger partial charge in [0.15, 0.2) is 0 Å². The van der Waals surface area contributed by atoms with Crippen molar-refractivity contribution in [3.05, 3.63) is 89.7 Å². The highest BCUT2D eigenvalue weighted by molar-refractivity contribution is 7.99. The lowest BCUT2D eigenvalue weighted by Gasteiger charge is -2.35. The summed E-state index contributed by atoms with van der Waals surface area (Å²) in [4.78, 5) is 26.7. The molecule has 0 radical (unpaired) electrons. The minimum Gasteiger partial charge on any atom is -0.453 e. The van der Waals surface area contributed by atoms with E-state index in [0.717, 1.165) is 28.5 Å². The second kappa shape index (κ2) is 9.35. The van der Waals surface area contributed by atoms with Gasteiger partial charge in [0.25, 0.3) is 0 Å². The van der Waals surface area contributed by atoms with Crippen LogP contribution in [0.1, 0.15) is 23.6 Å². The van der Waals surface area contributed by atoms with Crippen LogP contribution in [0.3, 0.4) is 0 Å². The minimum atomic E-state index is -0.516. The summed E-state index contributed by atoms with van der Waals surface area (Å²) >= 11 is 1.29. The van der Waals surface area contributed by atoms with E-state index in [2.05, 4.69) is 0 Å². The molecule has 0 saturated carbocycles. The number of aldehydes is 1. The third-order valence-corrected chi connectivity index (χ3v) is 6.69. The molecule has 1 aliphatic rings. The number of benzene rings is 3. The molecule has 0 heterocycles. The van der Waals surface area contributed by atoms with Gasteiger partial charge in [-0.05, 0) is 34.4 Å². The van der Waals surface area contributed by atoms with Crippen LogP contribution >= 0.6 is 11.8 Å². The first-order chi connectivity index (χ1) is 15.2. The summed E-state index contributed by atoms with van der Waals surface area (Å²) in [5.74, 6) is 0.0359. The Bertz CT molecular complexity index is 1060. The molecule has 0 unspecified atom stereocenters. The molecule has 6 heteroatoms. The smallest absolute Gasteiger partial charge is 0.410 e. The number of amides is 1. The lowest BCUT2D eigenvalue weighted by atomic mass is 10.0. The number of ether oxygens (including phenoxy) is 1. The fraction of sp³-hybridized carbons (Fsp3) is 0.200. The SMILES string of the molecule is COC(=O)N(C1c2ccccc2-c2ccccc21)[C@H](CC=O)CSc1ccccc1F. The summed E-state index contributed by atoms with van der Waals surface area (Å²) in [6, 6.07) is 21.5. The number of thioether (sulfide) groups is 1. The highest BCUT2D eigenvalue weighted by atomic mass is 32.2. The molecular weight excluding hydrogens is 413 g/mol. The summed E-state index contributed by atoms with van der Waals surface area (Å²) in [7, 11) is 1.34. The third-order valence-electron chi connectivity index (χ3n) is 5.49. The van der Waals surface area contributed by atoms with E-state index in [1.165, 1.54) is 24.9 Å². The van der Waals surface area contributed by atoms with Crippen LogP contribution in [0.2, 0.25) is 0 Å². The average molecular weight is 436 g/mol. The number of carbonyl (C=O) groups excluding carboxylic acids is 2. The molecule has 1 amide bonds. The minimum absolute atomic E-state index is 0.122. The zero-order chi connectivity index (χ0) is 21.8. The normalized spacial score (nSPS) is 13.2. The molecule has 158 valence electrons. The highest BCUT2D eigenvalue weighted by Gasteiger charge is 2.39. The van der Waals surface area contributed by atoms with Crippen LogP contribution in [0.4, 0.5) is 9.18 Å². The number of methoxy groups -OCH3 is 1. The quantitative estimate of drug-likeness (QED) is 0.352. The van der Waals surface area contributed by atoms with Gasteiger partial charge >= 0.3 is 6.09 Å².